The van der Waals surface area contributed by atoms with Crippen LogP contribution in [0.15, 0.2) is 22.7 Å². The number of piperazine rings is 1. The van der Waals surface area contributed by atoms with Gasteiger partial charge in [0.1, 0.15) is 5.75 Å². The average Bonchev–Trinajstić information content (AvgIpc) is 2.45. The van der Waals surface area contributed by atoms with Gasteiger partial charge >= 0.3 is 6.18 Å². The number of benzene rings is 1. The molecule has 134 valence electrons. The fourth-order valence-corrected chi connectivity index (χ4v) is 3.06. The van der Waals surface area contributed by atoms with Crippen LogP contribution in [0.2, 0.25) is 0 Å². The molecule has 1 N–H and O–H groups in total. The number of rotatable bonds is 4. The van der Waals surface area contributed by atoms with Crippen LogP contribution in [0.25, 0.3) is 0 Å². The maximum absolute atomic E-state index is 13.0. The van der Waals surface area contributed by atoms with Gasteiger partial charge in [-0.25, -0.2) is 0 Å². The fraction of sp³-hybridized carbons (Fsp3) is 0.571. The predicted molar refractivity (Wildman–Crippen MR) is 93.0 cm³/mol. The lowest BCUT2D eigenvalue weighted by Gasteiger charge is -2.36. The first-order valence-corrected chi connectivity index (χ1v) is 7.55. The molecule has 1 saturated heterocycles. The SMILES string of the molecule is COc1ccc(Br)c([C@@H](CC(F)(F)F)N2CCNCC2)c1.Cl.Cl. The van der Waals surface area contributed by atoms with Gasteiger partial charge in [0, 0.05) is 36.7 Å². The first-order valence-electron chi connectivity index (χ1n) is 6.75. The van der Waals surface area contributed by atoms with Crippen molar-refractivity contribution < 1.29 is 17.9 Å². The van der Waals surface area contributed by atoms with Crippen molar-refractivity contribution in [2.45, 2.75) is 18.6 Å². The minimum Gasteiger partial charge on any atom is -0.497 e. The van der Waals surface area contributed by atoms with Crippen LogP contribution in [0.5, 0.6) is 5.75 Å². The Hall–Kier alpha value is -0.210. The van der Waals surface area contributed by atoms with E-state index >= 15 is 0 Å². The monoisotopic (exact) mass is 438 g/mol. The number of halogens is 6. The largest absolute Gasteiger partial charge is 0.497 e. The molecule has 0 aromatic heterocycles. The van der Waals surface area contributed by atoms with Crippen LogP contribution in [0, 0.1) is 0 Å². The number of hydrogen-bond acceptors (Lipinski definition) is 3. The summed E-state index contributed by atoms with van der Waals surface area (Å²) in [5, 5.41) is 3.16. The maximum Gasteiger partial charge on any atom is 0.390 e. The standard InChI is InChI=1S/C14H18BrF3N2O.2ClH/c1-21-10-2-3-12(15)11(8-10)13(9-14(16,17)18)20-6-4-19-5-7-20;;/h2-3,8,13,19H,4-7,9H2,1H3;2*1H/t13-;;/m1../s1. The number of ether oxygens (including phenoxy) is 1. The van der Waals surface area contributed by atoms with E-state index in [1.165, 1.54) is 7.11 Å². The van der Waals surface area contributed by atoms with Crippen LogP contribution in [-0.4, -0.2) is 44.4 Å². The Morgan fingerprint density at radius 3 is 2.39 bits per heavy atom. The molecule has 0 amide bonds. The van der Waals surface area contributed by atoms with Crippen LogP contribution in [0.3, 0.4) is 0 Å². The molecule has 1 aromatic rings. The molecule has 1 aliphatic heterocycles. The van der Waals surface area contributed by atoms with E-state index in [0.29, 0.717) is 42.0 Å². The van der Waals surface area contributed by atoms with E-state index in [2.05, 4.69) is 21.2 Å². The highest BCUT2D eigenvalue weighted by Crippen LogP contribution is 2.38. The predicted octanol–water partition coefficient (Wildman–Crippen LogP) is 4.20. The van der Waals surface area contributed by atoms with Gasteiger partial charge in [-0.15, -0.1) is 24.8 Å². The van der Waals surface area contributed by atoms with Gasteiger partial charge in [0.2, 0.25) is 0 Å². The summed E-state index contributed by atoms with van der Waals surface area (Å²) in [6.07, 6.45) is -5.07. The molecule has 0 bridgehead atoms. The van der Waals surface area contributed by atoms with Crippen molar-refractivity contribution in [1.29, 1.82) is 0 Å². The van der Waals surface area contributed by atoms with Gasteiger partial charge in [-0.2, -0.15) is 13.2 Å². The topological polar surface area (TPSA) is 24.5 Å². The van der Waals surface area contributed by atoms with Crippen LogP contribution >= 0.6 is 40.7 Å². The first-order chi connectivity index (χ1) is 9.90. The molecule has 1 atom stereocenters. The molecular weight excluding hydrogens is 420 g/mol. The lowest BCUT2D eigenvalue weighted by molar-refractivity contribution is -0.148. The second kappa shape index (κ2) is 9.93. The smallest absolute Gasteiger partial charge is 0.390 e. The molecule has 1 heterocycles. The van der Waals surface area contributed by atoms with Crippen molar-refractivity contribution in [1.82, 2.24) is 10.2 Å². The van der Waals surface area contributed by atoms with Gasteiger partial charge in [0.05, 0.1) is 13.5 Å². The Balaban J connectivity index is 0.00000242. The van der Waals surface area contributed by atoms with E-state index in [1.54, 1.807) is 18.2 Å². The Kier molecular flexibility index (Phi) is 9.84. The van der Waals surface area contributed by atoms with Crippen LogP contribution in [0.1, 0.15) is 18.0 Å². The van der Waals surface area contributed by atoms with E-state index in [-0.39, 0.29) is 24.8 Å². The number of methoxy groups -OCH3 is 1. The van der Waals surface area contributed by atoms with E-state index < -0.39 is 18.6 Å². The molecule has 1 fully saturated rings. The molecule has 0 unspecified atom stereocenters. The molecule has 9 heteroatoms. The highest BCUT2D eigenvalue weighted by Gasteiger charge is 2.36. The van der Waals surface area contributed by atoms with E-state index in [1.807, 2.05) is 4.90 Å². The van der Waals surface area contributed by atoms with Crippen LogP contribution in [-0.2, 0) is 0 Å². The summed E-state index contributed by atoms with van der Waals surface area (Å²) in [6.45, 7) is 2.61. The first kappa shape index (κ1) is 22.8. The quantitative estimate of drug-likeness (QED) is 0.760. The molecular formula is C14H20BrCl2F3N2O. The summed E-state index contributed by atoms with van der Waals surface area (Å²) in [5.41, 5.74) is 0.619. The third kappa shape index (κ3) is 6.66. The van der Waals surface area contributed by atoms with E-state index in [4.69, 9.17) is 4.74 Å². The van der Waals surface area contributed by atoms with Crippen LogP contribution < -0.4 is 10.1 Å². The number of hydrogen-bond donors (Lipinski definition) is 1. The highest BCUT2D eigenvalue weighted by atomic mass is 79.9. The highest BCUT2D eigenvalue weighted by molar-refractivity contribution is 9.10. The third-order valence-corrected chi connectivity index (χ3v) is 4.30. The second-order valence-corrected chi connectivity index (χ2v) is 5.86. The lowest BCUT2D eigenvalue weighted by Crippen LogP contribution is -2.46. The summed E-state index contributed by atoms with van der Waals surface area (Å²) in [4.78, 5) is 1.88. The molecule has 0 aliphatic carbocycles. The molecule has 23 heavy (non-hydrogen) atoms. The van der Waals surface area contributed by atoms with E-state index in [0.717, 1.165) is 0 Å². The minimum atomic E-state index is -4.21. The summed E-state index contributed by atoms with van der Waals surface area (Å²) >= 11 is 3.37. The summed E-state index contributed by atoms with van der Waals surface area (Å²) in [5.74, 6) is 0.565. The zero-order valence-corrected chi connectivity index (χ0v) is 15.7. The third-order valence-electron chi connectivity index (χ3n) is 3.58. The Labute approximate surface area is 154 Å². The van der Waals surface area contributed by atoms with Gasteiger partial charge in [0.25, 0.3) is 0 Å². The number of alkyl halides is 3. The van der Waals surface area contributed by atoms with Crippen molar-refractivity contribution in [2.24, 2.45) is 0 Å². The molecule has 0 radical (unpaired) electrons. The Morgan fingerprint density at radius 2 is 1.87 bits per heavy atom. The van der Waals surface area contributed by atoms with Crippen molar-refractivity contribution >= 4 is 40.7 Å². The van der Waals surface area contributed by atoms with Crippen molar-refractivity contribution in [3.05, 3.63) is 28.2 Å². The Morgan fingerprint density at radius 1 is 1.26 bits per heavy atom. The number of nitrogens with zero attached hydrogens (tertiary/aromatic N) is 1. The number of nitrogens with one attached hydrogen (secondary N) is 1. The van der Waals surface area contributed by atoms with Gasteiger partial charge in [-0.05, 0) is 23.8 Å². The molecule has 1 aliphatic rings. The average molecular weight is 440 g/mol. The van der Waals surface area contributed by atoms with Gasteiger partial charge in [-0.1, -0.05) is 15.9 Å². The van der Waals surface area contributed by atoms with Gasteiger partial charge in [-0.3, -0.25) is 4.90 Å². The normalized spacial score (nSPS) is 16.9. The lowest BCUT2D eigenvalue weighted by atomic mass is 10.0. The minimum absolute atomic E-state index is 0. The van der Waals surface area contributed by atoms with E-state index in [9.17, 15) is 13.2 Å². The fourth-order valence-electron chi connectivity index (χ4n) is 2.55. The molecule has 0 spiro atoms. The summed E-state index contributed by atoms with van der Waals surface area (Å²) in [7, 11) is 1.51. The maximum atomic E-state index is 13.0. The van der Waals surface area contributed by atoms with Gasteiger partial charge < -0.3 is 10.1 Å². The molecule has 1 aromatic carbocycles. The van der Waals surface area contributed by atoms with Crippen molar-refractivity contribution in [2.75, 3.05) is 33.3 Å². The molecule has 2 rings (SSSR count). The Bertz CT molecular complexity index is 486. The van der Waals surface area contributed by atoms with Crippen molar-refractivity contribution in [3.63, 3.8) is 0 Å². The van der Waals surface area contributed by atoms with Gasteiger partial charge in [0.15, 0.2) is 0 Å². The summed E-state index contributed by atoms with van der Waals surface area (Å²) in [6, 6.07) is 4.45. The zero-order valence-electron chi connectivity index (χ0n) is 12.5. The second-order valence-electron chi connectivity index (χ2n) is 5.01. The molecule has 0 saturated carbocycles. The zero-order chi connectivity index (χ0) is 15.5. The van der Waals surface area contributed by atoms with Crippen molar-refractivity contribution in [3.8, 4) is 5.75 Å². The molecule has 3 nitrogen and oxygen atoms in total. The van der Waals surface area contributed by atoms with Crippen LogP contribution in [0.4, 0.5) is 13.2 Å². The summed E-state index contributed by atoms with van der Waals surface area (Å²) < 4.78 is 44.7.